The summed E-state index contributed by atoms with van der Waals surface area (Å²) in [6, 6.07) is 10.2. The van der Waals surface area contributed by atoms with Crippen LogP contribution in [0.1, 0.15) is 39.2 Å². The molecular formula is C17H22O2. The second-order valence-corrected chi connectivity index (χ2v) is 6.27. The minimum absolute atomic E-state index is 0.218. The van der Waals surface area contributed by atoms with Crippen molar-refractivity contribution >= 4 is 12.0 Å². The van der Waals surface area contributed by atoms with Gasteiger partial charge in [0.15, 0.2) is 0 Å². The summed E-state index contributed by atoms with van der Waals surface area (Å²) in [7, 11) is 0. The van der Waals surface area contributed by atoms with Gasteiger partial charge in [-0.15, -0.1) is 0 Å². The number of benzene rings is 1. The summed E-state index contributed by atoms with van der Waals surface area (Å²) in [5.74, 6) is -0.359. The van der Waals surface area contributed by atoms with E-state index in [9.17, 15) is 9.90 Å². The fourth-order valence-corrected chi connectivity index (χ4v) is 3.05. The van der Waals surface area contributed by atoms with Crippen molar-refractivity contribution in [3.05, 3.63) is 42.0 Å². The first-order chi connectivity index (χ1) is 8.88. The summed E-state index contributed by atoms with van der Waals surface area (Å²) < 4.78 is 0. The molecule has 0 aromatic heterocycles. The van der Waals surface area contributed by atoms with Gasteiger partial charge in [-0.2, -0.15) is 0 Å². The molecule has 1 aliphatic rings. The molecule has 2 heteroatoms. The van der Waals surface area contributed by atoms with Crippen molar-refractivity contribution in [1.29, 1.82) is 0 Å². The number of carboxylic acid groups (broad SMARTS) is 1. The third-order valence-corrected chi connectivity index (χ3v) is 5.10. The third-order valence-electron chi connectivity index (χ3n) is 5.10. The highest BCUT2D eigenvalue weighted by atomic mass is 16.4. The highest BCUT2D eigenvalue weighted by Gasteiger charge is 2.55. The molecule has 0 bridgehead atoms. The molecule has 0 saturated heterocycles. The highest BCUT2D eigenvalue weighted by Crippen LogP contribution is 2.56. The molecule has 0 radical (unpaired) electrons. The average Bonchev–Trinajstić information content (AvgIpc) is 2.61. The van der Waals surface area contributed by atoms with Crippen LogP contribution in [0.15, 0.2) is 36.4 Å². The number of hydrogen-bond acceptors (Lipinski definition) is 1. The van der Waals surface area contributed by atoms with Crippen LogP contribution in [0.3, 0.4) is 0 Å². The first kappa shape index (κ1) is 13.9. The first-order valence-electron chi connectivity index (χ1n) is 6.84. The molecule has 1 fully saturated rings. The van der Waals surface area contributed by atoms with Crippen molar-refractivity contribution in [1.82, 2.24) is 0 Å². The van der Waals surface area contributed by atoms with E-state index in [0.717, 1.165) is 12.8 Å². The molecule has 0 spiro atoms. The van der Waals surface area contributed by atoms with Crippen LogP contribution < -0.4 is 0 Å². The van der Waals surface area contributed by atoms with Gasteiger partial charge in [-0.25, -0.2) is 0 Å². The summed E-state index contributed by atoms with van der Waals surface area (Å²) in [4.78, 5) is 11.5. The Morgan fingerprint density at radius 3 is 2.42 bits per heavy atom. The summed E-state index contributed by atoms with van der Waals surface area (Å²) in [6.45, 7) is 6.04. The van der Waals surface area contributed by atoms with Gasteiger partial charge in [0.1, 0.15) is 0 Å². The molecule has 2 rings (SSSR count). The molecule has 1 aromatic rings. The van der Waals surface area contributed by atoms with Gasteiger partial charge < -0.3 is 5.11 Å². The SMILES string of the molecule is CC1(C)[C@@H](/C=C/c2ccccc2)CC[C@]1(C)C(=O)O. The van der Waals surface area contributed by atoms with E-state index in [1.54, 1.807) is 0 Å². The lowest BCUT2D eigenvalue weighted by molar-refractivity contribution is -0.154. The zero-order chi connectivity index (χ0) is 14.1. The molecule has 19 heavy (non-hydrogen) atoms. The smallest absolute Gasteiger partial charge is 0.309 e. The molecule has 0 aliphatic heterocycles. The molecule has 2 nitrogen and oxygen atoms in total. The second-order valence-electron chi connectivity index (χ2n) is 6.27. The van der Waals surface area contributed by atoms with Crippen LogP contribution >= 0.6 is 0 Å². The molecule has 1 aromatic carbocycles. The minimum Gasteiger partial charge on any atom is -0.481 e. The Morgan fingerprint density at radius 2 is 1.89 bits per heavy atom. The van der Waals surface area contributed by atoms with Gasteiger partial charge in [-0.1, -0.05) is 56.3 Å². The molecule has 0 heterocycles. The number of rotatable bonds is 3. The van der Waals surface area contributed by atoms with Crippen molar-refractivity contribution in [2.75, 3.05) is 0 Å². The Labute approximate surface area is 115 Å². The second kappa shape index (κ2) is 4.84. The topological polar surface area (TPSA) is 37.3 Å². The fourth-order valence-electron chi connectivity index (χ4n) is 3.05. The summed E-state index contributed by atoms with van der Waals surface area (Å²) in [6.07, 6.45) is 5.99. The van der Waals surface area contributed by atoms with Gasteiger partial charge in [-0.05, 0) is 36.7 Å². The van der Waals surface area contributed by atoms with E-state index < -0.39 is 11.4 Å². The van der Waals surface area contributed by atoms with E-state index in [1.807, 2.05) is 25.1 Å². The first-order valence-corrected chi connectivity index (χ1v) is 6.84. The predicted octanol–water partition coefficient (Wildman–Crippen LogP) is 4.23. The fraction of sp³-hybridized carbons (Fsp3) is 0.471. The van der Waals surface area contributed by atoms with Crippen LogP contribution in [-0.2, 0) is 4.79 Å². The average molecular weight is 258 g/mol. The maximum Gasteiger partial charge on any atom is 0.309 e. The van der Waals surface area contributed by atoms with Crippen molar-refractivity contribution in [2.24, 2.45) is 16.7 Å². The molecular weight excluding hydrogens is 236 g/mol. The number of aliphatic carboxylic acids is 1. The minimum atomic E-state index is -0.673. The zero-order valence-electron chi connectivity index (χ0n) is 11.9. The van der Waals surface area contributed by atoms with Crippen LogP contribution in [0.4, 0.5) is 0 Å². The number of carboxylic acids is 1. The van der Waals surface area contributed by atoms with E-state index >= 15 is 0 Å². The van der Waals surface area contributed by atoms with Crippen LogP contribution in [0.2, 0.25) is 0 Å². The Hall–Kier alpha value is -1.57. The molecule has 102 valence electrons. The molecule has 1 saturated carbocycles. The summed E-state index contributed by atoms with van der Waals surface area (Å²) in [5.41, 5.74) is 0.324. The number of carbonyl (C=O) groups is 1. The van der Waals surface area contributed by atoms with Crippen LogP contribution in [0.25, 0.3) is 6.08 Å². The quantitative estimate of drug-likeness (QED) is 0.881. The third kappa shape index (κ3) is 2.32. The van der Waals surface area contributed by atoms with Gasteiger partial charge in [0, 0.05) is 0 Å². The van der Waals surface area contributed by atoms with Gasteiger partial charge in [0.2, 0.25) is 0 Å². The molecule has 1 aliphatic carbocycles. The van der Waals surface area contributed by atoms with Crippen molar-refractivity contribution < 1.29 is 9.90 Å². The summed E-state index contributed by atoms with van der Waals surface area (Å²) in [5, 5.41) is 9.49. The van der Waals surface area contributed by atoms with E-state index in [-0.39, 0.29) is 5.41 Å². The normalized spacial score (nSPS) is 29.7. The molecule has 0 unspecified atom stereocenters. The Bertz CT molecular complexity index is 487. The maximum atomic E-state index is 11.5. The van der Waals surface area contributed by atoms with Crippen LogP contribution in [-0.4, -0.2) is 11.1 Å². The molecule has 1 N–H and O–H groups in total. The lowest BCUT2D eigenvalue weighted by Gasteiger charge is -2.37. The van der Waals surface area contributed by atoms with Gasteiger partial charge in [-0.3, -0.25) is 4.79 Å². The Balaban J connectivity index is 2.20. The lowest BCUT2D eigenvalue weighted by Crippen LogP contribution is -2.40. The summed E-state index contributed by atoms with van der Waals surface area (Å²) >= 11 is 0. The van der Waals surface area contributed by atoms with Crippen LogP contribution in [0.5, 0.6) is 0 Å². The largest absolute Gasteiger partial charge is 0.481 e. The van der Waals surface area contributed by atoms with Crippen molar-refractivity contribution in [3.63, 3.8) is 0 Å². The van der Waals surface area contributed by atoms with Gasteiger partial charge in [0.05, 0.1) is 5.41 Å². The maximum absolute atomic E-state index is 11.5. The lowest BCUT2D eigenvalue weighted by atomic mass is 9.65. The van der Waals surface area contributed by atoms with Crippen molar-refractivity contribution in [3.8, 4) is 0 Å². The molecule has 2 atom stereocenters. The number of hydrogen-bond donors (Lipinski definition) is 1. The van der Waals surface area contributed by atoms with Gasteiger partial charge >= 0.3 is 5.97 Å². The van der Waals surface area contributed by atoms with Gasteiger partial charge in [0.25, 0.3) is 0 Å². The zero-order valence-corrected chi connectivity index (χ0v) is 11.9. The predicted molar refractivity (Wildman–Crippen MR) is 77.7 cm³/mol. The van der Waals surface area contributed by atoms with Crippen LogP contribution in [0, 0.1) is 16.7 Å². The van der Waals surface area contributed by atoms with E-state index in [1.165, 1.54) is 5.56 Å². The van der Waals surface area contributed by atoms with E-state index in [4.69, 9.17) is 0 Å². The Morgan fingerprint density at radius 1 is 1.26 bits per heavy atom. The highest BCUT2D eigenvalue weighted by molar-refractivity contribution is 5.76. The molecule has 0 amide bonds. The Kier molecular flexibility index (Phi) is 3.53. The van der Waals surface area contributed by atoms with E-state index in [0.29, 0.717) is 5.92 Å². The number of allylic oxidation sites excluding steroid dienone is 1. The van der Waals surface area contributed by atoms with Crippen molar-refractivity contribution in [2.45, 2.75) is 33.6 Å². The van der Waals surface area contributed by atoms with E-state index in [2.05, 4.69) is 38.1 Å². The monoisotopic (exact) mass is 258 g/mol. The standard InChI is InChI=1S/C17H22O2/c1-16(2)14(11-12-17(16,3)15(18)19)10-9-13-7-5-4-6-8-13/h4-10,14H,11-12H2,1-3H3,(H,18,19)/b10-9+/t14-,17+/m0/s1.